The molecule has 0 aliphatic heterocycles. The van der Waals surface area contributed by atoms with E-state index >= 15 is 0 Å². The van der Waals surface area contributed by atoms with Crippen LogP contribution in [0.5, 0.6) is 0 Å². The maximum absolute atomic E-state index is 12.0. The Balaban J connectivity index is 2.58. The van der Waals surface area contributed by atoms with Crippen molar-refractivity contribution in [2.75, 3.05) is 6.61 Å². The molecule has 0 spiro atoms. The minimum atomic E-state index is -0.582. The molecule has 1 atom stereocenters. The molecule has 6 heteroatoms. The summed E-state index contributed by atoms with van der Waals surface area (Å²) >= 11 is 0. The third kappa shape index (κ3) is 5.27. The number of urea groups is 1. The minimum Gasteiger partial charge on any atom is -0.396 e. The van der Waals surface area contributed by atoms with Gasteiger partial charge in [0.2, 0.25) is 0 Å². The second-order valence-electron chi connectivity index (χ2n) is 4.51. The number of hydrogen-bond donors (Lipinski definition) is 4. The van der Waals surface area contributed by atoms with Gasteiger partial charge in [-0.05, 0) is 30.5 Å². The van der Waals surface area contributed by atoms with Gasteiger partial charge < -0.3 is 21.5 Å². The summed E-state index contributed by atoms with van der Waals surface area (Å²) in [6, 6.07) is 6.30. The molecule has 0 fully saturated rings. The maximum atomic E-state index is 12.0. The van der Waals surface area contributed by atoms with Crippen LogP contribution in [0, 0.1) is 0 Å². The van der Waals surface area contributed by atoms with Crippen LogP contribution in [0.3, 0.4) is 0 Å². The molecule has 0 aliphatic carbocycles. The van der Waals surface area contributed by atoms with E-state index in [9.17, 15) is 9.59 Å². The lowest BCUT2D eigenvalue weighted by Gasteiger charge is -2.15. The number of carbonyl (C=O) groups excluding carboxylic acids is 2. The van der Waals surface area contributed by atoms with Crippen LogP contribution in [0.25, 0.3) is 0 Å². The lowest BCUT2D eigenvalue weighted by Crippen LogP contribution is -2.35. The van der Waals surface area contributed by atoms with E-state index in [4.69, 9.17) is 10.8 Å². The second kappa shape index (κ2) is 8.16. The summed E-state index contributed by atoms with van der Waals surface area (Å²) in [6.45, 7) is 2.34. The summed E-state index contributed by atoms with van der Waals surface area (Å²) in [7, 11) is 0. The first-order chi connectivity index (χ1) is 9.56. The number of carbonyl (C=O) groups is 2. The fourth-order valence-electron chi connectivity index (χ4n) is 1.77. The Labute approximate surface area is 118 Å². The third-order valence-corrected chi connectivity index (χ3v) is 2.99. The van der Waals surface area contributed by atoms with E-state index < -0.39 is 6.03 Å². The summed E-state index contributed by atoms with van der Waals surface area (Å²) in [5.41, 5.74) is 6.39. The predicted molar refractivity (Wildman–Crippen MR) is 76.1 cm³/mol. The third-order valence-electron chi connectivity index (χ3n) is 2.99. The monoisotopic (exact) mass is 279 g/mol. The van der Waals surface area contributed by atoms with Crippen molar-refractivity contribution in [3.63, 3.8) is 0 Å². The van der Waals surface area contributed by atoms with Gasteiger partial charge in [0.25, 0.3) is 5.91 Å². The van der Waals surface area contributed by atoms with Gasteiger partial charge in [-0.2, -0.15) is 0 Å². The highest BCUT2D eigenvalue weighted by Gasteiger charge is 2.11. The molecule has 0 bridgehead atoms. The van der Waals surface area contributed by atoms with E-state index in [0.29, 0.717) is 18.5 Å². The average molecular weight is 279 g/mol. The van der Waals surface area contributed by atoms with Crippen molar-refractivity contribution < 1.29 is 14.7 Å². The zero-order chi connectivity index (χ0) is 15.0. The summed E-state index contributed by atoms with van der Waals surface area (Å²) in [6.07, 6.45) is 1.32. The minimum absolute atomic E-state index is 0.0243. The van der Waals surface area contributed by atoms with Gasteiger partial charge in [0, 0.05) is 24.8 Å². The smallest absolute Gasteiger partial charge is 0.312 e. The number of nitrogens with one attached hydrogen (secondary N) is 2. The van der Waals surface area contributed by atoms with Crippen molar-refractivity contribution in [1.82, 2.24) is 10.6 Å². The van der Waals surface area contributed by atoms with Gasteiger partial charge in [-0.1, -0.05) is 19.1 Å². The SMILES string of the molecule is CCC(CCO)NC(=O)c1ccc(CNC(N)=O)cc1. The highest BCUT2D eigenvalue weighted by Crippen LogP contribution is 2.06. The predicted octanol–water partition coefficient (Wildman–Crippen LogP) is 0.746. The van der Waals surface area contributed by atoms with E-state index in [0.717, 1.165) is 12.0 Å². The van der Waals surface area contributed by atoms with Gasteiger partial charge in [-0.15, -0.1) is 0 Å². The Morgan fingerprint density at radius 2 is 1.95 bits per heavy atom. The van der Waals surface area contributed by atoms with Crippen molar-refractivity contribution in [1.29, 1.82) is 0 Å². The van der Waals surface area contributed by atoms with Crippen molar-refractivity contribution in [3.05, 3.63) is 35.4 Å². The number of nitrogens with two attached hydrogens (primary N) is 1. The highest BCUT2D eigenvalue weighted by molar-refractivity contribution is 5.94. The molecule has 0 saturated heterocycles. The molecule has 0 aromatic heterocycles. The number of hydrogen-bond acceptors (Lipinski definition) is 3. The molecule has 0 aliphatic rings. The molecule has 1 aromatic rings. The molecule has 6 nitrogen and oxygen atoms in total. The number of amides is 3. The van der Waals surface area contributed by atoms with E-state index in [1.54, 1.807) is 24.3 Å². The van der Waals surface area contributed by atoms with Crippen LogP contribution >= 0.6 is 0 Å². The van der Waals surface area contributed by atoms with Gasteiger partial charge in [-0.3, -0.25) is 4.79 Å². The van der Waals surface area contributed by atoms with Crippen molar-refractivity contribution in [2.24, 2.45) is 5.73 Å². The van der Waals surface area contributed by atoms with E-state index in [1.165, 1.54) is 0 Å². The van der Waals surface area contributed by atoms with E-state index in [1.807, 2.05) is 6.92 Å². The van der Waals surface area contributed by atoms with Crippen LogP contribution in [0.1, 0.15) is 35.7 Å². The first kappa shape index (κ1) is 16.0. The molecular formula is C14H21N3O3. The van der Waals surface area contributed by atoms with Crippen molar-refractivity contribution >= 4 is 11.9 Å². The normalized spacial score (nSPS) is 11.7. The van der Waals surface area contributed by atoms with Crippen LogP contribution in [-0.4, -0.2) is 29.7 Å². The number of primary amides is 1. The van der Waals surface area contributed by atoms with Crippen LogP contribution in [0.2, 0.25) is 0 Å². The maximum Gasteiger partial charge on any atom is 0.312 e. The van der Waals surface area contributed by atoms with Crippen molar-refractivity contribution in [2.45, 2.75) is 32.4 Å². The van der Waals surface area contributed by atoms with E-state index in [-0.39, 0.29) is 18.6 Å². The first-order valence-electron chi connectivity index (χ1n) is 6.60. The largest absolute Gasteiger partial charge is 0.396 e. The Kier molecular flexibility index (Phi) is 6.52. The number of aliphatic hydroxyl groups excluding tert-OH is 1. The van der Waals surface area contributed by atoms with E-state index in [2.05, 4.69) is 10.6 Å². The Bertz CT molecular complexity index is 445. The summed E-state index contributed by atoms with van der Waals surface area (Å²) in [5, 5.41) is 14.2. The molecule has 5 N–H and O–H groups in total. The number of benzene rings is 1. The summed E-state index contributed by atoms with van der Waals surface area (Å²) in [4.78, 5) is 22.6. The van der Waals surface area contributed by atoms with Crippen LogP contribution in [0.4, 0.5) is 4.79 Å². The Morgan fingerprint density at radius 3 is 2.45 bits per heavy atom. The van der Waals surface area contributed by atoms with Gasteiger partial charge in [0.1, 0.15) is 0 Å². The number of rotatable bonds is 7. The fraction of sp³-hybridized carbons (Fsp3) is 0.429. The quantitative estimate of drug-likeness (QED) is 0.592. The topological polar surface area (TPSA) is 104 Å². The molecule has 0 radical (unpaired) electrons. The Morgan fingerprint density at radius 1 is 1.30 bits per heavy atom. The molecule has 1 rings (SSSR count). The lowest BCUT2D eigenvalue weighted by atomic mass is 10.1. The Hall–Kier alpha value is -2.08. The first-order valence-corrected chi connectivity index (χ1v) is 6.60. The van der Waals surface area contributed by atoms with Gasteiger partial charge in [-0.25, -0.2) is 4.79 Å². The zero-order valence-electron chi connectivity index (χ0n) is 11.6. The molecule has 20 heavy (non-hydrogen) atoms. The van der Waals surface area contributed by atoms with Crippen molar-refractivity contribution in [3.8, 4) is 0 Å². The zero-order valence-corrected chi connectivity index (χ0v) is 11.6. The molecule has 0 heterocycles. The second-order valence-corrected chi connectivity index (χ2v) is 4.51. The highest BCUT2D eigenvalue weighted by atomic mass is 16.3. The molecule has 1 unspecified atom stereocenters. The van der Waals surface area contributed by atoms with Gasteiger partial charge in [0.15, 0.2) is 0 Å². The van der Waals surface area contributed by atoms with Crippen LogP contribution < -0.4 is 16.4 Å². The van der Waals surface area contributed by atoms with Crippen LogP contribution in [-0.2, 0) is 6.54 Å². The summed E-state index contributed by atoms with van der Waals surface area (Å²) in [5.74, 6) is -0.167. The molecule has 1 aromatic carbocycles. The van der Waals surface area contributed by atoms with Gasteiger partial charge >= 0.3 is 6.03 Å². The molecule has 110 valence electrons. The summed E-state index contributed by atoms with van der Waals surface area (Å²) < 4.78 is 0. The standard InChI is InChI=1S/C14H21N3O3/c1-2-12(7-8-18)17-13(19)11-5-3-10(4-6-11)9-16-14(15)20/h3-6,12,18H,2,7-9H2,1H3,(H,17,19)(H3,15,16,20). The number of aliphatic hydroxyl groups is 1. The molecular weight excluding hydrogens is 258 g/mol. The van der Waals surface area contributed by atoms with Gasteiger partial charge in [0.05, 0.1) is 0 Å². The lowest BCUT2D eigenvalue weighted by molar-refractivity contribution is 0.0929. The fourth-order valence-corrected chi connectivity index (χ4v) is 1.77. The van der Waals surface area contributed by atoms with Crippen LogP contribution in [0.15, 0.2) is 24.3 Å². The molecule has 0 saturated carbocycles. The average Bonchev–Trinajstić information content (AvgIpc) is 2.45. The molecule has 3 amide bonds.